The van der Waals surface area contributed by atoms with Gasteiger partial charge in [0.25, 0.3) is 0 Å². The summed E-state index contributed by atoms with van der Waals surface area (Å²) in [4.78, 5) is 13.5. The van der Waals surface area contributed by atoms with Gasteiger partial charge in [0.2, 0.25) is 0 Å². The van der Waals surface area contributed by atoms with Crippen LogP contribution >= 0.6 is 0 Å². The summed E-state index contributed by atoms with van der Waals surface area (Å²) in [6.45, 7) is 3.80. The van der Waals surface area contributed by atoms with Gasteiger partial charge in [-0.2, -0.15) is 0 Å². The summed E-state index contributed by atoms with van der Waals surface area (Å²) in [7, 11) is 3.80. The molecule has 4 heterocycles. The lowest BCUT2D eigenvalue weighted by Crippen LogP contribution is -3.00. The minimum atomic E-state index is -0.950. The van der Waals surface area contributed by atoms with Gasteiger partial charge in [0, 0.05) is 24.4 Å². The molecule has 5 atom stereocenters. The molecule has 152 valence electrons. The molecule has 0 radical (unpaired) electrons. The van der Waals surface area contributed by atoms with Gasteiger partial charge in [0.1, 0.15) is 12.0 Å². The number of carbonyl (C=O) groups excluding carboxylic acids is 1. The maximum Gasteiger partial charge on any atom is 0.316 e. The number of ether oxygens (including phenoxy) is 1. The maximum atomic E-state index is 13.5. The van der Waals surface area contributed by atoms with Crippen LogP contribution in [0.4, 0.5) is 5.69 Å². The molecule has 4 bridgehead atoms. The number of likely N-dealkylation sites (N-methyl/N-ethyl adjacent to an activating group) is 1. The van der Waals surface area contributed by atoms with Crippen LogP contribution in [-0.2, 0) is 14.9 Å². The smallest absolute Gasteiger partial charge is 0.316 e. The molecule has 28 heavy (non-hydrogen) atoms. The molecule has 2 N–H and O–H groups in total. The molecule has 1 aromatic rings. The van der Waals surface area contributed by atoms with Gasteiger partial charge in [-0.25, -0.2) is 0 Å². The Labute approximate surface area is 172 Å². The number of fused-ring (bicyclic) bond motifs is 3. The van der Waals surface area contributed by atoms with Crippen molar-refractivity contribution in [3.8, 4) is 0 Å². The number of rotatable bonds is 2. The highest BCUT2D eigenvalue weighted by Crippen LogP contribution is 2.74. The van der Waals surface area contributed by atoms with Crippen LogP contribution in [0.15, 0.2) is 35.9 Å². The van der Waals surface area contributed by atoms with E-state index in [9.17, 15) is 9.90 Å². The number of allylic oxidation sites excluding steroid dienone is 1. The number of para-hydroxylation sites is 1. The second-order valence-corrected chi connectivity index (χ2v) is 9.04. The average molecular weight is 405 g/mol. The number of aliphatic hydroxyl groups excluding tert-OH is 1. The highest BCUT2D eigenvalue weighted by molar-refractivity contribution is 5.85. The predicted molar refractivity (Wildman–Crippen MR) is 103 cm³/mol. The number of esters is 1. The Hall–Kier alpha value is -1.56. The van der Waals surface area contributed by atoms with Gasteiger partial charge in [-0.05, 0) is 30.5 Å². The number of carbonyl (C=O) groups is 1. The van der Waals surface area contributed by atoms with E-state index in [4.69, 9.17) is 4.74 Å². The Morgan fingerprint density at radius 3 is 2.82 bits per heavy atom. The third-order valence-electron chi connectivity index (χ3n) is 8.64. The number of benzene rings is 1. The van der Waals surface area contributed by atoms with Crippen LogP contribution in [0.25, 0.3) is 0 Å². The normalized spacial score (nSPS) is 43.6. The number of methoxy groups -OCH3 is 1. The first-order valence-corrected chi connectivity index (χ1v) is 10.0. The standard InChI is InChI=1S/C22H29N2O3.ClH/c1-4-15-13-24(2)12-11-21-17-7-5-6-8-18(17)23-22(21,24)10-9-16(15)20(21,14-25)19(26)27-3;/h4-8,16,23,25H,9-14H2,1-3H3;1H/q+1;/p-1/b15-4-;/t16?,20?,21-,22-,24?;/m0./s1. The number of hydrogen-bond donors (Lipinski definition) is 2. The Morgan fingerprint density at radius 1 is 1.39 bits per heavy atom. The molecule has 1 aliphatic carbocycles. The summed E-state index contributed by atoms with van der Waals surface area (Å²) in [5.74, 6) is -0.242. The topological polar surface area (TPSA) is 58.6 Å². The molecule has 6 heteroatoms. The summed E-state index contributed by atoms with van der Waals surface area (Å²) < 4.78 is 6.29. The van der Waals surface area contributed by atoms with Crippen molar-refractivity contribution < 1.29 is 31.5 Å². The first-order valence-electron chi connectivity index (χ1n) is 10.0. The van der Waals surface area contributed by atoms with Crippen molar-refractivity contribution in [2.45, 2.75) is 37.3 Å². The Morgan fingerprint density at radius 2 is 2.14 bits per heavy atom. The average Bonchev–Trinajstić information content (AvgIpc) is 3.07. The maximum absolute atomic E-state index is 13.5. The van der Waals surface area contributed by atoms with E-state index in [-0.39, 0.29) is 36.6 Å². The minimum Gasteiger partial charge on any atom is -1.00 e. The number of aliphatic hydroxyl groups is 1. The molecular weight excluding hydrogens is 376 g/mol. The van der Waals surface area contributed by atoms with Crippen molar-refractivity contribution in [1.82, 2.24) is 0 Å². The Bertz CT molecular complexity index is 873. The zero-order chi connectivity index (χ0) is 19.1. The fourth-order valence-corrected chi connectivity index (χ4v) is 7.66. The minimum absolute atomic E-state index is 0. The summed E-state index contributed by atoms with van der Waals surface area (Å²) in [5.41, 5.74) is 1.91. The SMILES string of the molecule is C/C=C1/C[N+]2(C)CC[C@@]34c5ccccc5N[C@]32CCC1C4(CO)C(=O)OC.[Cl-]. The number of halogens is 1. The molecule has 5 aliphatic rings. The van der Waals surface area contributed by atoms with E-state index in [1.54, 1.807) is 0 Å². The fourth-order valence-electron chi connectivity index (χ4n) is 7.66. The summed E-state index contributed by atoms with van der Waals surface area (Å²) >= 11 is 0. The first-order chi connectivity index (χ1) is 13.0. The molecule has 4 fully saturated rings. The fraction of sp³-hybridized carbons (Fsp3) is 0.591. The number of nitrogens with zero attached hydrogens (tertiary/aromatic N) is 1. The Balaban J connectivity index is 0.00000192. The third-order valence-corrected chi connectivity index (χ3v) is 8.64. The molecule has 0 aromatic heterocycles. The zero-order valence-corrected chi connectivity index (χ0v) is 17.6. The molecule has 6 rings (SSSR count). The molecule has 1 aromatic carbocycles. The largest absolute Gasteiger partial charge is 1.00 e. The van der Waals surface area contributed by atoms with Gasteiger partial charge in [-0.15, -0.1) is 0 Å². The van der Waals surface area contributed by atoms with Crippen molar-refractivity contribution >= 4 is 11.7 Å². The quantitative estimate of drug-likeness (QED) is 0.393. The van der Waals surface area contributed by atoms with Gasteiger partial charge < -0.3 is 27.6 Å². The predicted octanol–water partition coefficient (Wildman–Crippen LogP) is -0.578. The van der Waals surface area contributed by atoms with E-state index in [0.717, 1.165) is 42.5 Å². The molecule has 4 aliphatic heterocycles. The van der Waals surface area contributed by atoms with Crippen LogP contribution in [0.2, 0.25) is 0 Å². The molecule has 1 saturated carbocycles. The number of nitrogens with one attached hydrogen (secondary N) is 1. The van der Waals surface area contributed by atoms with Gasteiger partial charge in [-0.3, -0.25) is 9.28 Å². The van der Waals surface area contributed by atoms with E-state index in [1.807, 2.05) is 0 Å². The second kappa shape index (κ2) is 5.97. The molecule has 5 nitrogen and oxygen atoms in total. The number of quaternary nitrogens is 1. The van der Waals surface area contributed by atoms with E-state index >= 15 is 0 Å². The number of hydrogen-bond acceptors (Lipinski definition) is 4. The van der Waals surface area contributed by atoms with Gasteiger partial charge in [-0.1, -0.05) is 24.3 Å². The van der Waals surface area contributed by atoms with E-state index in [2.05, 4.69) is 49.6 Å². The lowest BCUT2D eigenvalue weighted by atomic mass is 9.46. The van der Waals surface area contributed by atoms with Crippen LogP contribution in [0, 0.1) is 11.3 Å². The van der Waals surface area contributed by atoms with Crippen molar-refractivity contribution in [3.63, 3.8) is 0 Å². The van der Waals surface area contributed by atoms with Gasteiger partial charge in [0.05, 0.1) is 32.7 Å². The van der Waals surface area contributed by atoms with Crippen LogP contribution < -0.4 is 17.7 Å². The van der Waals surface area contributed by atoms with Crippen LogP contribution in [-0.4, -0.2) is 55.1 Å². The highest BCUT2D eigenvalue weighted by atomic mass is 35.5. The zero-order valence-electron chi connectivity index (χ0n) is 16.8. The number of anilines is 1. The van der Waals surface area contributed by atoms with Crippen LogP contribution in [0.5, 0.6) is 0 Å². The van der Waals surface area contributed by atoms with E-state index < -0.39 is 10.8 Å². The highest BCUT2D eigenvalue weighted by Gasteiger charge is 2.85. The van der Waals surface area contributed by atoms with E-state index in [0.29, 0.717) is 0 Å². The van der Waals surface area contributed by atoms with Crippen molar-refractivity contribution in [2.75, 3.05) is 39.2 Å². The molecular formula is C22H29ClN2O3. The van der Waals surface area contributed by atoms with Crippen molar-refractivity contribution in [3.05, 3.63) is 41.5 Å². The van der Waals surface area contributed by atoms with Crippen molar-refractivity contribution in [1.29, 1.82) is 0 Å². The summed E-state index contributed by atoms with van der Waals surface area (Å²) in [6, 6.07) is 8.40. The van der Waals surface area contributed by atoms with Crippen LogP contribution in [0.1, 0.15) is 31.7 Å². The lowest BCUT2D eigenvalue weighted by molar-refractivity contribution is -0.940. The lowest BCUT2D eigenvalue weighted by Gasteiger charge is -2.57. The molecule has 1 spiro atoms. The van der Waals surface area contributed by atoms with Gasteiger partial charge in [0.15, 0.2) is 5.66 Å². The summed E-state index contributed by atoms with van der Waals surface area (Å²) in [6.07, 6.45) is 4.96. The monoisotopic (exact) mass is 404 g/mol. The first kappa shape index (κ1) is 19.7. The third kappa shape index (κ3) is 1.72. The molecule has 0 amide bonds. The Kier molecular flexibility index (Phi) is 4.21. The van der Waals surface area contributed by atoms with Crippen molar-refractivity contribution in [2.24, 2.45) is 11.3 Å². The summed E-state index contributed by atoms with van der Waals surface area (Å²) in [5, 5.41) is 14.8. The van der Waals surface area contributed by atoms with Gasteiger partial charge >= 0.3 is 5.97 Å². The molecule has 3 saturated heterocycles. The van der Waals surface area contributed by atoms with E-state index in [1.165, 1.54) is 18.2 Å². The second-order valence-electron chi connectivity index (χ2n) is 9.04. The van der Waals surface area contributed by atoms with Crippen LogP contribution in [0.3, 0.4) is 0 Å². The molecule has 3 unspecified atom stereocenters.